The van der Waals surface area contributed by atoms with Crippen molar-refractivity contribution < 1.29 is 4.70 Å². The van der Waals surface area contributed by atoms with Gasteiger partial charge in [-0.05, 0) is 0 Å². The van der Waals surface area contributed by atoms with Crippen LogP contribution in [-0.4, -0.2) is 18.4 Å². The summed E-state index contributed by atoms with van der Waals surface area (Å²) in [5.41, 5.74) is 0. The molecule has 0 aromatic heterocycles. The molecule has 0 amide bonds. The van der Waals surface area contributed by atoms with Gasteiger partial charge in [0.05, 0.1) is 0 Å². The van der Waals surface area contributed by atoms with Gasteiger partial charge in [-0.3, -0.25) is 0 Å². The van der Waals surface area contributed by atoms with Crippen molar-refractivity contribution >= 4 is 22.0 Å². The van der Waals surface area contributed by atoms with Crippen molar-refractivity contribution in [3.63, 3.8) is 0 Å². The van der Waals surface area contributed by atoms with Crippen LogP contribution in [0, 0.1) is 0 Å². The molecule has 1 radical (unpaired) electrons. The van der Waals surface area contributed by atoms with Crippen molar-refractivity contribution in [2.24, 2.45) is 0 Å². The third-order valence-electron chi connectivity index (χ3n) is 1.64. The molecule has 0 aliphatic rings. The zero-order valence-corrected chi connectivity index (χ0v) is 10.1. The molecule has 0 atom stereocenters. The average molecular weight is 260 g/mol. The molecule has 1 rings (SSSR count). The van der Waals surface area contributed by atoms with Gasteiger partial charge in [-0.25, -0.2) is 0 Å². The average Bonchev–Trinajstić information content (AvgIpc) is 1.88. The van der Waals surface area contributed by atoms with Crippen LogP contribution in [0.2, 0.25) is 14.8 Å². The standard InChI is InChI=1S/C6H5.3CH3.F.Sn/c1-2-4-6-5-3-1;;;;;/h1-5H;3*1H3;;. The molecular formula is C9H14FSn. The fraction of sp³-hybridized carbons (Fsp3) is 0.333. The molecule has 0 unspecified atom stereocenters. The normalized spacial score (nSPS) is 10.5. The van der Waals surface area contributed by atoms with E-state index in [4.69, 9.17) is 0 Å². The number of hydrogen-bond acceptors (Lipinski definition) is 0. The Morgan fingerprint density at radius 2 is 1.36 bits per heavy atom. The quantitative estimate of drug-likeness (QED) is 0.681. The summed E-state index contributed by atoms with van der Waals surface area (Å²) >= 11 is -1.71. The number of hydrogen-bond donors (Lipinski definition) is 0. The fourth-order valence-corrected chi connectivity index (χ4v) is 4.34. The van der Waals surface area contributed by atoms with Gasteiger partial charge < -0.3 is 0 Å². The molecular weight excluding hydrogens is 246 g/mol. The van der Waals surface area contributed by atoms with Crippen LogP contribution in [0.3, 0.4) is 0 Å². The molecule has 0 aliphatic carbocycles. The molecule has 0 saturated heterocycles. The summed E-state index contributed by atoms with van der Waals surface area (Å²) < 4.78 is 1.61. The van der Waals surface area contributed by atoms with E-state index in [-0.39, 0.29) is 4.70 Å². The molecule has 2 heteroatoms. The van der Waals surface area contributed by atoms with Crippen molar-refractivity contribution in [2.45, 2.75) is 14.8 Å². The van der Waals surface area contributed by atoms with E-state index in [1.54, 1.807) is 3.58 Å². The summed E-state index contributed by atoms with van der Waals surface area (Å²) in [4.78, 5) is 7.30. The van der Waals surface area contributed by atoms with Gasteiger partial charge in [0.25, 0.3) is 0 Å². The summed E-state index contributed by atoms with van der Waals surface area (Å²) in [7, 11) is 0. The van der Waals surface area contributed by atoms with Gasteiger partial charge in [-0.2, -0.15) is 0 Å². The monoisotopic (exact) mass is 261 g/mol. The first kappa shape index (κ1) is 10.9. The van der Waals surface area contributed by atoms with Crippen LogP contribution in [-0.2, 0) is 0 Å². The molecule has 1 aromatic rings. The van der Waals surface area contributed by atoms with E-state index in [9.17, 15) is 0 Å². The Kier molecular flexibility index (Phi) is 4.08. The summed E-state index contributed by atoms with van der Waals surface area (Å²) in [6.45, 7) is 0. The smallest absolute Gasteiger partial charge is 0 e. The minimum absolute atomic E-state index is 0. The van der Waals surface area contributed by atoms with Crippen molar-refractivity contribution in [1.29, 1.82) is 0 Å². The molecule has 61 valence electrons. The predicted octanol–water partition coefficient (Wildman–Crippen LogP) is 2.65. The first-order chi connectivity index (χ1) is 4.61. The van der Waals surface area contributed by atoms with Crippen LogP contribution in [0.5, 0.6) is 0 Å². The second-order valence-electron chi connectivity index (χ2n) is 3.62. The van der Waals surface area contributed by atoms with Gasteiger partial charge in [0.1, 0.15) is 0 Å². The minimum atomic E-state index is -1.71. The van der Waals surface area contributed by atoms with Gasteiger partial charge in [-0.15, -0.1) is 0 Å². The minimum Gasteiger partial charge on any atom is 0 e. The first-order valence-electron chi connectivity index (χ1n) is 3.66. The fourth-order valence-electron chi connectivity index (χ4n) is 0.938. The third kappa shape index (κ3) is 3.23. The molecule has 0 nitrogen and oxygen atoms in total. The maximum absolute atomic E-state index is 2.43. The molecule has 0 aliphatic heterocycles. The molecule has 0 heterocycles. The van der Waals surface area contributed by atoms with E-state index in [0.717, 1.165) is 0 Å². The largest absolute Gasteiger partial charge is 0 e. The maximum atomic E-state index is 2.43. The number of benzene rings is 1. The first-order valence-corrected chi connectivity index (χ1v) is 13.7. The van der Waals surface area contributed by atoms with Crippen molar-refractivity contribution in [1.82, 2.24) is 0 Å². The molecule has 11 heavy (non-hydrogen) atoms. The van der Waals surface area contributed by atoms with Crippen molar-refractivity contribution in [3.8, 4) is 0 Å². The Labute approximate surface area is 71.9 Å². The predicted molar refractivity (Wildman–Crippen MR) is 50.5 cm³/mol. The zero-order valence-electron chi connectivity index (χ0n) is 7.26. The van der Waals surface area contributed by atoms with Gasteiger partial charge >= 0.3 is 67.1 Å². The SMILES string of the molecule is [CH3][Sn]([CH3])([CH3])[c]1ccccc1.[F]. The Bertz CT molecular complexity index is 201. The van der Waals surface area contributed by atoms with Crippen molar-refractivity contribution in [3.05, 3.63) is 30.3 Å². The topological polar surface area (TPSA) is 0 Å². The van der Waals surface area contributed by atoms with Crippen LogP contribution >= 0.6 is 0 Å². The van der Waals surface area contributed by atoms with Crippen LogP contribution in [0.4, 0.5) is 4.70 Å². The molecule has 0 spiro atoms. The van der Waals surface area contributed by atoms with E-state index in [1.165, 1.54) is 0 Å². The number of halogens is 1. The van der Waals surface area contributed by atoms with E-state index in [0.29, 0.717) is 0 Å². The Balaban J connectivity index is 0.000001000. The van der Waals surface area contributed by atoms with Gasteiger partial charge in [0, 0.05) is 4.70 Å². The van der Waals surface area contributed by atoms with Crippen LogP contribution in [0.15, 0.2) is 30.3 Å². The second kappa shape index (κ2) is 4.09. The van der Waals surface area contributed by atoms with Crippen molar-refractivity contribution in [2.75, 3.05) is 0 Å². The Hall–Kier alpha value is -0.0513. The molecule has 0 N–H and O–H groups in total. The van der Waals surface area contributed by atoms with E-state index < -0.39 is 18.4 Å². The van der Waals surface area contributed by atoms with Gasteiger partial charge in [-0.1, -0.05) is 0 Å². The number of rotatable bonds is 1. The summed E-state index contributed by atoms with van der Waals surface area (Å²) in [6, 6.07) is 10.9. The Morgan fingerprint density at radius 1 is 0.909 bits per heavy atom. The molecule has 1 aromatic carbocycles. The van der Waals surface area contributed by atoms with E-state index in [2.05, 4.69) is 45.2 Å². The third-order valence-corrected chi connectivity index (χ3v) is 7.53. The van der Waals surface area contributed by atoms with Gasteiger partial charge in [0.2, 0.25) is 0 Å². The summed E-state index contributed by atoms with van der Waals surface area (Å²) in [6.07, 6.45) is 0. The summed E-state index contributed by atoms with van der Waals surface area (Å²) in [5, 5.41) is 0. The van der Waals surface area contributed by atoms with Crippen LogP contribution in [0.1, 0.15) is 0 Å². The summed E-state index contributed by atoms with van der Waals surface area (Å²) in [5.74, 6) is 0. The molecule has 0 saturated carbocycles. The Morgan fingerprint density at radius 3 is 1.64 bits per heavy atom. The zero-order chi connectivity index (χ0) is 7.61. The maximum Gasteiger partial charge on any atom is 0 e. The molecule has 0 bridgehead atoms. The van der Waals surface area contributed by atoms with Crippen LogP contribution < -0.4 is 3.58 Å². The van der Waals surface area contributed by atoms with Crippen LogP contribution in [0.25, 0.3) is 0 Å². The van der Waals surface area contributed by atoms with Gasteiger partial charge in [0.15, 0.2) is 0 Å². The van der Waals surface area contributed by atoms with E-state index >= 15 is 0 Å². The second-order valence-corrected chi connectivity index (χ2v) is 18.1. The van der Waals surface area contributed by atoms with E-state index in [1.807, 2.05) is 0 Å². The molecule has 0 fully saturated rings.